The summed E-state index contributed by atoms with van der Waals surface area (Å²) in [6, 6.07) is 23.6. The fourth-order valence-corrected chi connectivity index (χ4v) is 5.02. The number of hydrogen-bond acceptors (Lipinski definition) is 6. The van der Waals surface area contributed by atoms with E-state index in [1.165, 1.54) is 7.11 Å². The Labute approximate surface area is 232 Å². The van der Waals surface area contributed by atoms with Gasteiger partial charge in [0.1, 0.15) is 17.6 Å². The van der Waals surface area contributed by atoms with Crippen molar-refractivity contribution in [2.24, 2.45) is 0 Å². The minimum absolute atomic E-state index is 0.105. The number of furan rings is 1. The first kappa shape index (κ1) is 26.1. The zero-order valence-corrected chi connectivity index (χ0v) is 22.4. The number of aryl methyl sites for hydroxylation is 1. The summed E-state index contributed by atoms with van der Waals surface area (Å²) in [6.07, 6.45) is 1.97. The van der Waals surface area contributed by atoms with Crippen LogP contribution in [0.4, 0.5) is 5.69 Å². The Bertz CT molecular complexity index is 1500. The molecule has 9 heteroatoms. The van der Waals surface area contributed by atoms with E-state index in [-0.39, 0.29) is 24.4 Å². The van der Waals surface area contributed by atoms with Crippen LogP contribution in [0.15, 0.2) is 89.5 Å². The van der Waals surface area contributed by atoms with Crippen LogP contribution in [-0.4, -0.2) is 40.5 Å². The second-order valence-electron chi connectivity index (χ2n) is 9.21. The Balaban J connectivity index is 1.41. The molecule has 2 atom stereocenters. The Morgan fingerprint density at radius 1 is 1.08 bits per heavy atom. The quantitative estimate of drug-likeness (QED) is 0.225. The highest BCUT2D eigenvalue weighted by Gasteiger charge is 2.41. The number of rotatable bonds is 8. The number of aromatic nitrogens is 1. The largest absolute Gasteiger partial charge is 0.465 e. The lowest BCUT2D eigenvalue weighted by Crippen LogP contribution is -2.32. The molecule has 2 aromatic heterocycles. The topological polar surface area (TPSA) is 96.7 Å². The molecule has 39 heavy (non-hydrogen) atoms. The van der Waals surface area contributed by atoms with E-state index in [0.717, 1.165) is 22.5 Å². The average Bonchev–Trinajstić information content (AvgIpc) is 3.58. The number of ether oxygens (including phenoxy) is 1. The smallest absolute Gasteiger partial charge is 0.337 e. The van der Waals surface area contributed by atoms with Crippen LogP contribution in [0.25, 0.3) is 11.3 Å². The molecule has 198 valence electrons. The predicted octanol–water partition coefficient (Wildman–Crippen LogP) is 5.44. The third-order valence-electron chi connectivity index (χ3n) is 6.68. The number of thiocarbonyl (C=S) groups is 1. The fraction of sp³-hybridized carbons (Fsp3) is 0.200. The van der Waals surface area contributed by atoms with Gasteiger partial charge >= 0.3 is 5.97 Å². The van der Waals surface area contributed by atoms with Gasteiger partial charge in [-0.05, 0) is 67.2 Å². The van der Waals surface area contributed by atoms with E-state index in [4.69, 9.17) is 21.4 Å². The number of benzene rings is 2. The van der Waals surface area contributed by atoms with E-state index in [1.54, 1.807) is 24.4 Å². The third-order valence-corrected chi connectivity index (χ3v) is 7.04. The van der Waals surface area contributed by atoms with E-state index in [9.17, 15) is 9.59 Å². The van der Waals surface area contributed by atoms with Gasteiger partial charge in [-0.25, -0.2) is 4.79 Å². The van der Waals surface area contributed by atoms with Crippen molar-refractivity contribution in [1.82, 2.24) is 15.2 Å². The van der Waals surface area contributed by atoms with Crippen molar-refractivity contribution >= 4 is 34.9 Å². The number of amides is 1. The Morgan fingerprint density at radius 2 is 1.90 bits per heavy atom. The summed E-state index contributed by atoms with van der Waals surface area (Å²) in [5, 5.41) is 6.88. The van der Waals surface area contributed by atoms with Crippen molar-refractivity contribution in [3.63, 3.8) is 0 Å². The van der Waals surface area contributed by atoms with Gasteiger partial charge in [0.2, 0.25) is 5.91 Å². The second kappa shape index (κ2) is 11.5. The van der Waals surface area contributed by atoms with E-state index < -0.39 is 5.97 Å². The fourth-order valence-electron chi connectivity index (χ4n) is 4.69. The van der Waals surface area contributed by atoms with Crippen molar-refractivity contribution in [3.05, 3.63) is 108 Å². The lowest BCUT2D eigenvalue weighted by atomic mass is 10.0. The molecule has 1 aliphatic rings. The van der Waals surface area contributed by atoms with Crippen LogP contribution in [0, 0.1) is 6.92 Å². The summed E-state index contributed by atoms with van der Waals surface area (Å²) in [4.78, 5) is 31.4. The van der Waals surface area contributed by atoms with Crippen LogP contribution in [-0.2, 0) is 9.53 Å². The number of pyridine rings is 1. The van der Waals surface area contributed by atoms with Crippen LogP contribution < -0.4 is 10.6 Å². The van der Waals surface area contributed by atoms with Gasteiger partial charge in [-0.1, -0.05) is 36.4 Å². The van der Waals surface area contributed by atoms with Crippen LogP contribution in [0.3, 0.4) is 0 Å². The number of methoxy groups -OCH3 is 1. The van der Waals surface area contributed by atoms with E-state index >= 15 is 0 Å². The molecule has 0 aliphatic carbocycles. The number of nitrogens with one attached hydrogen (secondary N) is 2. The zero-order valence-electron chi connectivity index (χ0n) is 21.6. The van der Waals surface area contributed by atoms with Crippen LogP contribution in [0.2, 0.25) is 0 Å². The Morgan fingerprint density at radius 3 is 2.67 bits per heavy atom. The molecule has 4 aromatic rings. The number of anilines is 1. The molecule has 1 amide bonds. The van der Waals surface area contributed by atoms with Gasteiger partial charge in [0, 0.05) is 30.4 Å². The molecule has 1 saturated heterocycles. The van der Waals surface area contributed by atoms with Crippen molar-refractivity contribution in [2.75, 3.05) is 19.0 Å². The van der Waals surface area contributed by atoms with Gasteiger partial charge in [-0.3, -0.25) is 9.78 Å². The minimum atomic E-state index is -0.417. The number of carbonyl (C=O) groups excluding carboxylic acids is 2. The van der Waals surface area contributed by atoms with Crippen LogP contribution >= 0.6 is 12.2 Å². The van der Waals surface area contributed by atoms with Gasteiger partial charge in [0.05, 0.1) is 24.4 Å². The lowest BCUT2D eigenvalue weighted by Gasteiger charge is -2.26. The average molecular weight is 541 g/mol. The first-order valence-electron chi connectivity index (χ1n) is 12.6. The zero-order chi connectivity index (χ0) is 27.4. The number of carbonyl (C=O) groups is 2. The Hall–Kier alpha value is -4.50. The molecule has 8 nitrogen and oxygen atoms in total. The molecular formula is C30H28N4O4S. The summed E-state index contributed by atoms with van der Waals surface area (Å²) in [5.74, 6) is 0.743. The van der Waals surface area contributed by atoms with Crippen LogP contribution in [0.5, 0.6) is 0 Å². The van der Waals surface area contributed by atoms with E-state index in [2.05, 4.69) is 15.6 Å². The van der Waals surface area contributed by atoms with Crippen molar-refractivity contribution in [2.45, 2.75) is 25.4 Å². The number of nitrogens with zero attached hydrogens (tertiary/aromatic N) is 2. The third kappa shape index (κ3) is 5.68. The van der Waals surface area contributed by atoms with Crippen LogP contribution in [0.1, 0.15) is 45.9 Å². The van der Waals surface area contributed by atoms with Crippen molar-refractivity contribution in [3.8, 4) is 11.3 Å². The summed E-state index contributed by atoms with van der Waals surface area (Å²) in [5.41, 5.74) is 3.77. The SMILES string of the molecule is COC(=O)c1cccc(-c2ccc(C3C(c4ccccn4)NC(=S)N3CCC(=O)Nc3ccccc3C)o2)c1. The number of hydrogen-bond donors (Lipinski definition) is 2. The first-order valence-corrected chi connectivity index (χ1v) is 13.0. The molecule has 0 spiro atoms. The Kier molecular flexibility index (Phi) is 7.69. The molecule has 3 heterocycles. The van der Waals surface area contributed by atoms with Gasteiger partial charge in [0.15, 0.2) is 5.11 Å². The highest BCUT2D eigenvalue weighted by atomic mass is 32.1. The maximum absolute atomic E-state index is 12.8. The number of esters is 1. The van der Waals surface area contributed by atoms with E-state index in [1.807, 2.05) is 72.5 Å². The molecule has 2 unspecified atom stereocenters. The maximum Gasteiger partial charge on any atom is 0.337 e. The van der Waals surface area contributed by atoms with Gasteiger partial charge in [0.25, 0.3) is 0 Å². The summed E-state index contributed by atoms with van der Waals surface area (Å²) in [7, 11) is 1.35. The van der Waals surface area contributed by atoms with Gasteiger partial charge in [-0.15, -0.1) is 0 Å². The molecule has 2 N–H and O–H groups in total. The van der Waals surface area contributed by atoms with Gasteiger partial charge < -0.3 is 24.7 Å². The molecule has 0 saturated carbocycles. The molecule has 0 bridgehead atoms. The summed E-state index contributed by atoms with van der Waals surface area (Å²) >= 11 is 5.72. The normalized spacial score (nSPS) is 16.6. The van der Waals surface area contributed by atoms with Crippen molar-refractivity contribution in [1.29, 1.82) is 0 Å². The van der Waals surface area contributed by atoms with Gasteiger partial charge in [-0.2, -0.15) is 0 Å². The monoisotopic (exact) mass is 540 g/mol. The molecule has 1 fully saturated rings. The molecule has 1 aliphatic heterocycles. The highest BCUT2D eigenvalue weighted by Crippen LogP contribution is 2.40. The summed E-state index contributed by atoms with van der Waals surface area (Å²) in [6.45, 7) is 2.34. The predicted molar refractivity (Wildman–Crippen MR) is 152 cm³/mol. The van der Waals surface area contributed by atoms with Crippen molar-refractivity contribution < 1.29 is 18.7 Å². The number of para-hydroxylation sites is 1. The maximum atomic E-state index is 12.8. The van der Waals surface area contributed by atoms with E-state index in [0.29, 0.717) is 28.7 Å². The highest BCUT2D eigenvalue weighted by molar-refractivity contribution is 7.80. The molecule has 0 radical (unpaired) electrons. The lowest BCUT2D eigenvalue weighted by molar-refractivity contribution is -0.116. The molecule has 5 rings (SSSR count). The molecular weight excluding hydrogens is 512 g/mol. The standard InChI is InChI=1S/C30H28N4O4S/c1-19-8-3-4-11-22(19)32-26(35)15-17-34-28(27(33-30(34)39)23-12-5-6-16-31-23)25-14-13-24(38-25)20-9-7-10-21(18-20)29(36)37-2/h3-14,16,18,27-28H,15,17H2,1-2H3,(H,32,35)(H,33,39). The first-order chi connectivity index (χ1) is 18.9. The summed E-state index contributed by atoms with van der Waals surface area (Å²) < 4.78 is 11.2. The minimum Gasteiger partial charge on any atom is -0.465 e. The second-order valence-corrected chi connectivity index (χ2v) is 9.59. The molecule has 2 aromatic carbocycles.